The molecule has 0 saturated carbocycles. The molecule has 1 atom stereocenters. The molecule has 1 spiro atoms. The van der Waals surface area contributed by atoms with Crippen LogP contribution in [0, 0.1) is 0 Å². The summed E-state index contributed by atoms with van der Waals surface area (Å²) >= 11 is 5.13. The van der Waals surface area contributed by atoms with E-state index in [4.69, 9.17) is 32.6 Å². The van der Waals surface area contributed by atoms with Gasteiger partial charge in [0.25, 0.3) is 0 Å². The van der Waals surface area contributed by atoms with Crippen molar-refractivity contribution in [3.8, 4) is 23.0 Å². The highest BCUT2D eigenvalue weighted by Gasteiger charge is 2.55. The number of benzene rings is 4. The maximum atomic E-state index is 13.3. The lowest BCUT2D eigenvalue weighted by atomic mass is 9.76. The lowest BCUT2D eigenvalue weighted by Gasteiger charge is -2.40. The number of esters is 1. The van der Waals surface area contributed by atoms with E-state index in [0.29, 0.717) is 27.9 Å². The molecular formula is C27H20N4O7S2. The Morgan fingerprint density at radius 3 is 2.33 bits per heavy atom. The Kier molecular flexibility index (Phi) is 5.62. The molecule has 0 aromatic heterocycles. The van der Waals surface area contributed by atoms with E-state index in [1.807, 2.05) is 0 Å². The van der Waals surface area contributed by atoms with E-state index in [-0.39, 0.29) is 38.7 Å². The molecule has 0 aliphatic carbocycles. The number of hydrazine groups is 1. The van der Waals surface area contributed by atoms with Crippen LogP contribution in [-0.4, -0.2) is 29.7 Å². The number of ether oxygens (including phenoxy) is 2. The van der Waals surface area contributed by atoms with E-state index < -0.39 is 21.6 Å². The highest BCUT2D eigenvalue weighted by molar-refractivity contribution is 7.89. The zero-order valence-corrected chi connectivity index (χ0v) is 22.0. The average molecular weight is 577 g/mol. The summed E-state index contributed by atoms with van der Waals surface area (Å²) in [5.74, 6) is -0.565. The molecule has 6 rings (SSSR count). The third kappa shape index (κ3) is 3.87. The lowest BCUT2D eigenvalue weighted by Crippen LogP contribution is -2.44. The number of nitrogens with zero attached hydrogens (tertiary/aromatic N) is 1. The second kappa shape index (κ2) is 8.84. The van der Waals surface area contributed by atoms with Gasteiger partial charge < -0.3 is 25.4 Å². The van der Waals surface area contributed by atoms with Crippen molar-refractivity contribution in [3.05, 3.63) is 101 Å². The normalized spacial score (nSPS) is 16.8. The van der Waals surface area contributed by atoms with Gasteiger partial charge in [0, 0.05) is 29.3 Å². The number of hydrogen-bond acceptors (Lipinski definition) is 9. The Balaban J connectivity index is 1.67. The highest BCUT2D eigenvalue weighted by atomic mass is 32.2. The SMILES string of the molecule is NC(=S)NN(c1ccc(S(N)(=O)=O)cc1)c1cc(O)cc2c1C1(OC(=O)c3ccccc31)c1ccc(O)cc1O2. The maximum Gasteiger partial charge on any atom is 0.340 e. The predicted molar refractivity (Wildman–Crippen MR) is 148 cm³/mol. The summed E-state index contributed by atoms with van der Waals surface area (Å²) in [5.41, 5.74) is 9.24. The number of carbonyl (C=O) groups excluding carboxylic acids is 1. The Morgan fingerprint density at radius 1 is 0.925 bits per heavy atom. The summed E-state index contributed by atoms with van der Waals surface area (Å²) in [7, 11) is -3.98. The summed E-state index contributed by atoms with van der Waals surface area (Å²) in [6.45, 7) is 0. The zero-order chi connectivity index (χ0) is 28.4. The van der Waals surface area contributed by atoms with Gasteiger partial charge in [-0.05, 0) is 54.7 Å². The number of carbonyl (C=O) groups is 1. The minimum Gasteiger partial charge on any atom is -0.508 e. The third-order valence-electron chi connectivity index (χ3n) is 6.64. The minimum absolute atomic E-state index is 0.0814. The second-order valence-corrected chi connectivity index (χ2v) is 11.1. The Hall–Kier alpha value is -4.85. The van der Waals surface area contributed by atoms with Gasteiger partial charge in [-0.1, -0.05) is 18.2 Å². The van der Waals surface area contributed by atoms with Gasteiger partial charge >= 0.3 is 5.97 Å². The Labute approximate surface area is 233 Å². The quantitative estimate of drug-likeness (QED) is 0.137. The molecule has 2 aliphatic heterocycles. The van der Waals surface area contributed by atoms with Crippen LogP contribution in [0.1, 0.15) is 27.0 Å². The van der Waals surface area contributed by atoms with Gasteiger partial charge in [0.1, 0.15) is 23.0 Å². The number of fused-ring (bicyclic) bond motifs is 6. The van der Waals surface area contributed by atoms with Crippen LogP contribution in [0.15, 0.2) is 83.8 Å². The smallest absolute Gasteiger partial charge is 0.340 e. The number of phenols is 2. The molecule has 11 nitrogen and oxygen atoms in total. The third-order valence-corrected chi connectivity index (χ3v) is 7.66. The van der Waals surface area contributed by atoms with E-state index in [2.05, 4.69) is 5.43 Å². The molecule has 2 aliphatic rings. The number of primary sulfonamides is 1. The lowest BCUT2D eigenvalue weighted by molar-refractivity contribution is 0.0226. The largest absolute Gasteiger partial charge is 0.508 e. The summed E-state index contributed by atoms with van der Waals surface area (Å²) in [4.78, 5) is 13.1. The van der Waals surface area contributed by atoms with Crippen molar-refractivity contribution in [2.24, 2.45) is 10.9 Å². The number of anilines is 2. The van der Waals surface area contributed by atoms with Crippen LogP contribution in [0.4, 0.5) is 11.4 Å². The number of phenolic OH excluding ortho intramolecular Hbond substituents is 2. The fourth-order valence-electron chi connectivity index (χ4n) is 5.10. The molecule has 4 aromatic carbocycles. The average Bonchev–Trinajstić information content (AvgIpc) is 3.18. The number of hydrogen-bond donors (Lipinski definition) is 5. The van der Waals surface area contributed by atoms with Gasteiger partial charge in [0.15, 0.2) is 10.7 Å². The van der Waals surface area contributed by atoms with E-state index in [1.165, 1.54) is 53.5 Å². The fourth-order valence-corrected chi connectivity index (χ4v) is 5.71. The summed E-state index contributed by atoms with van der Waals surface area (Å²) in [6.07, 6.45) is 0. The van der Waals surface area contributed by atoms with E-state index >= 15 is 0 Å². The summed E-state index contributed by atoms with van der Waals surface area (Å²) < 4.78 is 36.0. The van der Waals surface area contributed by atoms with Crippen LogP contribution >= 0.6 is 12.2 Å². The zero-order valence-electron chi connectivity index (χ0n) is 20.4. The fraction of sp³-hybridized carbons (Fsp3) is 0.0370. The molecule has 202 valence electrons. The molecule has 4 aromatic rings. The van der Waals surface area contributed by atoms with Crippen molar-refractivity contribution in [3.63, 3.8) is 0 Å². The first-order valence-corrected chi connectivity index (χ1v) is 13.7. The van der Waals surface area contributed by atoms with Gasteiger partial charge in [-0.2, -0.15) is 0 Å². The number of nitrogens with one attached hydrogen (secondary N) is 1. The molecule has 0 bridgehead atoms. The second-order valence-electron chi connectivity index (χ2n) is 9.09. The monoisotopic (exact) mass is 576 g/mol. The van der Waals surface area contributed by atoms with E-state index in [9.17, 15) is 23.4 Å². The number of aromatic hydroxyl groups is 2. The van der Waals surface area contributed by atoms with Gasteiger partial charge in [-0.15, -0.1) is 0 Å². The number of rotatable bonds is 4. The van der Waals surface area contributed by atoms with Crippen LogP contribution in [0.3, 0.4) is 0 Å². The molecule has 0 amide bonds. The summed E-state index contributed by atoms with van der Waals surface area (Å²) in [5, 5.41) is 27.5. The predicted octanol–water partition coefficient (Wildman–Crippen LogP) is 3.20. The van der Waals surface area contributed by atoms with Crippen LogP contribution in [0.2, 0.25) is 0 Å². The standard InChI is InChI=1S/C27H20N4O7S2/c28-26(39)30-31(14-5-8-17(9-6-14)40(29,35)36)21-11-16(33)13-23-24(21)27(20-10-7-15(32)12-22(20)37-23)19-4-2-1-3-18(19)25(34)38-27/h1-13,32-33H,(H3,28,30,39)(H2,29,35,36). The van der Waals surface area contributed by atoms with Crippen LogP contribution < -0.4 is 26.0 Å². The van der Waals surface area contributed by atoms with Crippen molar-refractivity contribution in [1.29, 1.82) is 0 Å². The van der Waals surface area contributed by atoms with E-state index in [1.54, 1.807) is 30.3 Å². The molecule has 1 unspecified atom stereocenters. The molecule has 0 saturated heterocycles. The summed E-state index contributed by atoms with van der Waals surface area (Å²) in [6, 6.07) is 19.5. The van der Waals surface area contributed by atoms with Crippen molar-refractivity contribution in [2.75, 3.05) is 5.01 Å². The Bertz CT molecular complexity index is 1840. The van der Waals surface area contributed by atoms with Crippen LogP contribution in [-0.2, 0) is 20.4 Å². The van der Waals surface area contributed by atoms with Crippen LogP contribution in [0.25, 0.3) is 0 Å². The first-order valence-electron chi connectivity index (χ1n) is 11.7. The number of nitrogens with two attached hydrogens (primary N) is 2. The highest BCUT2D eigenvalue weighted by Crippen LogP contribution is 2.60. The molecule has 0 fully saturated rings. The molecule has 40 heavy (non-hydrogen) atoms. The Morgan fingerprint density at radius 2 is 1.62 bits per heavy atom. The minimum atomic E-state index is -3.98. The van der Waals surface area contributed by atoms with Gasteiger partial charge in [-0.3, -0.25) is 10.4 Å². The van der Waals surface area contributed by atoms with Gasteiger partial charge in [0.05, 0.1) is 27.4 Å². The first kappa shape index (κ1) is 25.4. The van der Waals surface area contributed by atoms with Gasteiger partial charge in [-0.25, -0.2) is 18.4 Å². The molecule has 2 heterocycles. The molecule has 7 N–H and O–H groups in total. The topological polar surface area (TPSA) is 177 Å². The number of sulfonamides is 1. The maximum absolute atomic E-state index is 13.3. The van der Waals surface area contributed by atoms with Crippen molar-refractivity contribution in [1.82, 2.24) is 5.43 Å². The van der Waals surface area contributed by atoms with E-state index in [0.717, 1.165) is 0 Å². The van der Waals surface area contributed by atoms with Crippen molar-refractivity contribution in [2.45, 2.75) is 10.5 Å². The number of thiocarbonyl (C=S) groups is 1. The molecular weight excluding hydrogens is 556 g/mol. The van der Waals surface area contributed by atoms with Crippen LogP contribution in [0.5, 0.6) is 23.0 Å². The first-order chi connectivity index (χ1) is 19.0. The van der Waals surface area contributed by atoms with Gasteiger partial charge in [0.2, 0.25) is 10.0 Å². The van der Waals surface area contributed by atoms with Crippen molar-refractivity contribution < 1.29 is 32.9 Å². The molecule has 0 radical (unpaired) electrons. The molecule has 13 heteroatoms. The van der Waals surface area contributed by atoms with Crippen molar-refractivity contribution >= 4 is 44.7 Å².